The van der Waals surface area contributed by atoms with Crippen molar-refractivity contribution in [2.75, 3.05) is 29.8 Å². The molecule has 13 heteroatoms. The monoisotopic (exact) mass is 574 g/mol. The molecule has 1 amide bonds. The number of carbonyl (C=O) groups excluding carboxylic acids is 1. The first-order chi connectivity index (χ1) is 18.7. The van der Waals surface area contributed by atoms with Crippen LogP contribution in [0.15, 0.2) is 24.4 Å². The molecule has 0 bridgehead atoms. The lowest BCUT2D eigenvalue weighted by Gasteiger charge is -2.36. The van der Waals surface area contributed by atoms with Crippen LogP contribution in [-0.4, -0.2) is 64.2 Å². The number of aromatic nitrogens is 4. The highest BCUT2D eigenvalue weighted by Gasteiger charge is 2.39. The van der Waals surface area contributed by atoms with Crippen LogP contribution >= 0.6 is 11.6 Å². The molecule has 3 aromatic rings. The van der Waals surface area contributed by atoms with Gasteiger partial charge in [0.1, 0.15) is 29.2 Å². The summed E-state index contributed by atoms with van der Waals surface area (Å²) in [5.41, 5.74) is 2.56. The lowest BCUT2D eigenvalue weighted by Crippen LogP contribution is -2.44. The number of ether oxygens (including phenoxy) is 1. The zero-order valence-electron chi connectivity index (χ0n) is 21.4. The molecule has 3 aliphatic rings. The van der Waals surface area contributed by atoms with E-state index < -0.39 is 21.9 Å². The molecule has 1 fully saturated rings. The van der Waals surface area contributed by atoms with Crippen LogP contribution in [0.25, 0.3) is 0 Å². The third kappa shape index (κ3) is 4.73. The zero-order valence-corrected chi connectivity index (χ0v) is 23.0. The van der Waals surface area contributed by atoms with Crippen LogP contribution in [0.1, 0.15) is 53.8 Å². The third-order valence-corrected chi connectivity index (χ3v) is 9.56. The fourth-order valence-electron chi connectivity index (χ4n) is 5.62. The van der Waals surface area contributed by atoms with Crippen LogP contribution in [0.5, 0.6) is 5.75 Å². The van der Waals surface area contributed by atoms with Gasteiger partial charge in [-0.05, 0) is 49.9 Å². The summed E-state index contributed by atoms with van der Waals surface area (Å²) in [5, 5.41) is -0.0454. The van der Waals surface area contributed by atoms with Gasteiger partial charge in [-0.15, -0.1) is 0 Å². The molecular formula is C26H28ClFN6O4S. The van der Waals surface area contributed by atoms with E-state index in [1.54, 1.807) is 18.0 Å². The molecule has 0 aliphatic carbocycles. The van der Waals surface area contributed by atoms with Crippen LogP contribution < -0.4 is 9.04 Å². The van der Waals surface area contributed by atoms with Crippen molar-refractivity contribution in [2.24, 2.45) is 0 Å². The number of carbonyl (C=O) groups is 1. The lowest BCUT2D eigenvalue weighted by molar-refractivity contribution is -0.135. The molecule has 3 aromatic heterocycles. The maximum absolute atomic E-state index is 15.3. The van der Waals surface area contributed by atoms with Gasteiger partial charge in [-0.1, -0.05) is 11.6 Å². The molecular weight excluding hydrogens is 547 g/mol. The maximum atomic E-state index is 15.3. The molecule has 206 valence electrons. The highest BCUT2D eigenvalue weighted by atomic mass is 35.5. The van der Waals surface area contributed by atoms with E-state index in [0.717, 1.165) is 43.0 Å². The number of halogens is 2. The van der Waals surface area contributed by atoms with Crippen molar-refractivity contribution in [3.05, 3.63) is 63.8 Å². The molecule has 1 unspecified atom stereocenters. The van der Waals surface area contributed by atoms with E-state index in [9.17, 15) is 13.2 Å². The van der Waals surface area contributed by atoms with Crippen molar-refractivity contribution >= 4 is 33.3 Å². The number of imidazole rings is 1. The Morgan fingerprint density at radius 1 is 1.15 bits per heavy atom. The van der Waals surface area contributed by atoms with Gasteiger partial charge in [0.2, 0.25) is 10.0 Å². The molecule has 10 nitrogen and oxygen atoms in total. The molecule has 0 radical (unpaired) electrons. The van der Waals surface area contributed by atoms with E-state index in [0.29, 0.717) is 31.5 Å². The van der Waals surface area contributed by atoms with Gasteiger partial charge in [0, 0.05) is 38.7 Å². The van der Waals surface area contributed by atoms with Crippen LogP contribution in [-0.2, 0) is 34.2 Å². The van der Waals surface area contributed by atoms with Crippen LogP contribution in [0.4, 0.5) is 10.2 Å². The number of hydrogen-bond acceptors (Lipinski definition) is 7. The fourth-order valence-corrected chi connectivity index (χ4v) is 7.34. The molecule has 0 aromatic carbocycles. The summed E-state index contributed by atoms with van der Waals surface area (Å²) >= 11 is 6.31. The Kier molecular flexibility index (Phi) is 6.70. The Hall–Kier alpha value is -3.25. The van der Waals surface area contributed by atoms with E-state index in [-0.39, 0.29) is 40.7 Å². The molecule has 0 spiro atoms. The number of amides is 1. The summed E-state index contributed by atoms with van der Waals surface area (Å²) in [4.78, 5) is 28.6. The van der Waals surface area contributed by atoms with Crippen molar-refractivity contribution in [3.8, 4) is 5.75 Å². The normalized spacial score (nSPS) is 20.0. The Labute approximate surface area is 230 Å². The second-order valence-corrected chi connectivity index (χ2v) is 12.4. The summed E-state index contributed by atoms with van der Waals surface area (Å²) in [5.74, 6) is 0.562. The second-order valence-electron chi connectivity index (χ2n) is 10.1. The van der Waals surface area contributed by atoms with Crippen LogP contribution in [0, 0.1) is 12.7 Å². The summed E-state index contributed by atoms with van der Waals surface area (Å²) in [7, 11) is -3.41. The number of hydrogen-bond donors (Lipinski definition) is 0. The van der Waals surface area contributed by atoms with E-state index in [4.69, 9.17) is 21.3 Å². The number of sulfonamides is 1. The standard InChI is InChI=1S/C26H28ClFN6O4S/c1-16-13-17(28)23(29-14-16)25-24-18(30-20-5-2-3-9-32(20)24)8-11-33(25)22(35)15-38-19-6-7-21(31-26(19)27)34-10-4-12-39(34,36)37/h6-7,13-14,25H,2-5,8-12,15H2,1H3. The van der Waals surface area contributed by atoms with Crippen LogP contribution in [0.3, 0.4) is 0 Å². The largest absolute Gasteiger partial charge is 0.481 e. The van der Waals surface area contributed by atoms with Gasteiger partial charge >= 0.3 is 0 Å². The van der Waals surface area contributed by atoms with E-state index in [2.05, 4.69) is 14.5 Å². The second kappa shape index (κ2) is 10.1. The average molecular weight is 575 g/mol. The quantitative estimate of drug-likeness (QED) is 0.430. The van der Waals surface area contributed by atoms with Gasteiger partial charge in [-0.3, -0.25) is 14.1 Å². The molecule has 6 heterocycles. The minimum atomic E-state index is -3.41. The minimum absolute atomic E-state index is 0.0454. The van der Waals surface area contributed by atoms with Crippen molar-refractivity contribution in [1.29, 1.82) is 0 Å². The summed E-state index contributed by atoms with van der Waals surface area (Å²) in [6.45, 7) is 2.85. The Bertz CT molecular complexity index is 1560. The Morgan fingerprint density at radius 2 is 2.00 bits per heavy atom. The molecule has 0 N–H and O–H groups in total. The highest BCUT2D eigenvalue weighted by Crippen LogP contribution is 2.38. The number of aryl methyl sites for hydroxylation is 2. The van der Waals surface area contributed by atoms with Crippen molar-refractivity contribution in [1.82, 2.24) is 24.4 Å². The molecule has 39 heavy (non-hydrogen) atoms. The average Bonchev–Trinajstić information content (AvgIpc) is 3.46. The van der Waals surface area contributed by atoms with E-state index in [1.165, 1.54) is 22.5 Å². The minimum Gasteiger partial charge on any atom is -0.481 e. The van der Waals surface area contributed by atoms with Crippen molar-refractivity contribution in [3.63, 3.8) is 0 Å². The molecule has 3 aliphatic heterocycles. The summed E-state index contributed by atoms with van der Waals surface area (Å²) in [6.07, 6.45) is 5.55. The van der Waals surface area contributed by atoms with Gasteiger partial charge in [0.15, 0.2) is 17.5 Å². The molecule has 0 saturated carbocycles. The number of pyridine rings is 2. The summed E-state index contributed by atoms with van der Waals surface area (Å²) < 4.78 is 48.8. The predicted molar refractivity (Wildman–Crippen MR) is 142 cm³/mol. The predicted octanol–water partition coefficient (Wildman–Crippen LogP) is 3.20. The first kappa shape index (κ1) is 26.0. The number of rotatable bonds is 5. The first-order valence-electron chi connectivity index (χ1n) is 13.0. The SMILES string of the molecule is Cc1cnc(C2c3c(nc4n3CCCC4)CCN2C(=O)COc2ccc(N3CCCS3(=O)=O)nc2Cl)c(F)c1. The number of fused-ring (bicyclic) bond motifs is 3. The van der Waals surface area contributed by atoms with Crippen molar-refractivity contribution in [2.45, 2.75) is 51.6 Å². The molecule has 1 atom stereocenters. The van der Waals surface area contributed by atoms with Crippen LogP contribution in [0.2, 0.25) is 5.15 Å². The lowest BCUT2D eigenvalue weighted by atomic mass is 9.97. The van der Waals surface area contributed by atoms with Gasteiger partial charge in [-0.2, -0.15) is 0 Å². The third-order valence-electron chi connectivity index (χ3n) is 7.45. The maximum Gasteiger partial charge on any atom is 0.261 e. The first-order valence-corrected chi connectivity index (χ1v) is 15.0. The zero-order chi connectivity index (χ0) is 27.3. The summed E-state index contributed by atoms with van der Waals surface area (Å²) in [6, 6.07) is 3.71. The van der Waals surface area contributed by atoms with E-state index >= 15 is 4.39 Å². The number of nitrogens with zero attached hydrogens (tertiary/aromatic N) is 6. The highest BCUT2D eigenvalue weighted by molar-refractivity contribution is 7.93. The van der Waals surface area contributed by atoms with Crippen molar-refractivity contribution < 1.29 is 22.3 Å². The van der Waals surface area contributed by atoms with Gasteiger partial charge in [0.25, 0.3) is 5.91 Å². The molecule has 1 saturated heterocycles. The topological polar surface area (TPSA) is 111 Å². The Morgan fingerprint density at radius 3 is 2.74 bits per heavy atom. The van der Waals surface area contributed by atoms with Gasteiger partial charge in [-0.25, -0.2) is 22.8 Å². The number of anilines is 1. The smallest absolute Gasteiger partial charge is 0.261 e. The molecule has 6 rings (SSSR count). The Balaban J connectivity index is 1.27. The van der Waals surface area contributed by atoms with E-state index in [1.807, 2.05) is 0 Å². The van der Waals surface area contributed by atoms with Gasteiger partial charge in [0.05, 0.1) is 17.1 Å². The fraction of sp³-hybridized carbons (Fsp3) is 0.462. The van der Waals surface area contributed by atoms with Gasteiger partial charge < -0.3 is 14.2 Å².